The summed E-state index contributed by atoms with van der Waals surface area (Å²) >= 11 is 0. The van der Waals surface area contributed by atoms with Crippen molar-refractivity contribution in [1.82, 2.24) is 0 Å². The molecule has 3 spiro atoms. The van der Waals surface area contributed by atoms with Gasteiger partial charge in [0.25, 0.3) is 5.97 Å². The maximum atomic E-state index is 13.7. The lowest BCUT2D eigenvalue weighted by molar-refractivity contribution is -0.499. The fourth-order valence-electron chi connectivity index (χ4n) is 12.6. The summed E-state index contributed by atoms with van der Waals surface area (Å²) in [6.07, 6.45) is -5.95. The van der Waals surface area contributed by atoms with Crippen molar-refractivity contribution in [3.8, 4) is 0 Å². The van der Waals surface area contributed by atoms with Gasteiger partial charge in [0.15, 0.2) is 17.8 Å². The van der Waals surface area contributed by atoms with Crippen LogP contribution in [0.5, 0.6) is 0 Å². The summed E-state index contributed by atoms with van der Waals surface area (Å²) in [5.41, 5.74) is -12.8. The number of cyclic esters (lactones) is 2. The SMILES string of the molecule is CC(=O)O[C@@H]1[C@H](OC(C)=O)[C@]2(C)[C@@H](CC(=O)O[C@H]2c2ccoc2)[C@@]23O[C@@]4(C)O[C@@]56C[C@@](C)([C@H](O)[C@]5(O)[C@H]2O)[C@@H]2CC(=O)OC[C@@]26[C@@]13O4. The van der Waals surface area contributed by atoms with Crippen molar-refractivity contribution >= 4 is 23.9 Å². The van der Waals surface area contributed by atoms with E-state index < -0.39 is 124 Å². The Morgan fingerprint density at radius 2 is 1.60 bits per heavy atom. The summed E-state index contributed by atoms with van der Waals surface area (Å²) in [6, 6.07) is 1.57. The zero-order valence-electron chi connectivity index (χ0n) is 26.3. The number of aliphatic hydroxyl groups excluding tert-OH is 2. The van der Waals surface area contributed by atoms with Crippen molar-refractivity contribution in [1.29, 1.82) is 0 Å². The average molecular weight is 661 g/mol. The maximum Gasteiger partial charge on any atom is 0.306 e. The lowest BCUT2D eigenvalue weighted by Gasteiger charge is -2.78. The quantitative estimate of drug-likeness (QED) is 0.292. The zero-order valence-corrected chi connectivity index (χ0v) is 26.3. The Bertz CT molecular complexity index is 1660. The molecule has 8 aliphatic rings. The van der Waals surface area contributed by atoms with E-state index in [0.29, 0.717) is 5.56 Å². The third-order valence-electron chi connectivity index (χ3n) is 13.6. The fraction of sp³-hybridized carbons (Fsp3) is 0.750. The number of furan rings is 1. The molecule has 0 amide bonds. The van der Waals surface area contributed by atoms with Crippen LogP contribution in [0, 0.1) is 28.1 Å². The lowest BCUT2D eigenvalue weighted by atomic mass is 9.32. The van der Waals surface area contributed by atoms with Crippen LogP contribution in [0.1, 0.15) is 65.5 Å². The fourth-order valence-corrected chi connectivity index (χ4v) is 12.6. The van der Waals surface area contributed by atoms with Crippen molar-refractivity contribution in [3.05, 3.63) is 24.2 Å². The molecule has 0 unspecified atom stereocenters. The number of aliphatic hydroxyl groups is 3. The van der Waals surface area contributed by atoms with Crippen LogP contribution < -0.4 is 0 Å². The molecule has 4 saturated carbocycles. The van der Waals surface area contributed by atoms with E-state index in [-0.39, 0.29) is 12.8 Å². The Morgan fingerprint density at radius 1 is 0.915 bits per heavy atom. The largest absolute Gasteiger partial charge is 0.472 e. The van der Waals surface area contributed by atoms with Gasteiger partial charge in [0.1, 0.15) is 35.6 Å². The van der Waals surface area contributed by atoms with Crippen molar-refractivity contribution in [2.45, 2.75) is 113 Å². The lowest BCUT2D eigenvalue weighted by Crippen LogP contribution is -2.98. The van der Waals surface area contributed by atoms with Gasteiger partial charge in [-0.2, -0.15) is 0 Å². The van der Waals surface area contributed by atoms with Gasteiger partial charge in [-0.25, -0.2) is 0 Å². The minimum atomic E-state index is -2.46. The van der Waals surface area contributed by atoms with Crippen LogP contribution in [-0.2, 0) is 52.3 Å². The molecule has 15 nitrogen and oxygen atoms in total. The third kappa shape index (κ3) is 2.67. The Balaban J connectivity index is 1.44. The number of carbonyl (C=O) groups excluding carboxylic acids is 4. The standard InChI is InChI=1S/C32H36O15/c1-13(33)42-21-22(43-14(2)34)32-28-12-41-18(35)8-16(28)25(3)11-29(28)30(39,23(25)37)24(38)31(32,46-27(5,45-29)47-32)17-9-19(36)44-20(26(17,21)4)15-6-7-40-10-15/h6-7,10,16-17,20-24,37-39H,8-9,11-12H2,1-5H3/t16-,17+,20-,21-,22+,23-,24+,25+,26+,27+,28+,29+,30-,31+,32-/m0/s1. The normalized spacial score (nSPS) is 57.4. The Labute approximate surface area is 267 Å². The zero-order chi connectivity index (χ0) is 33.5. The second-order valence-corrected chi connectivity index (χ2v) is 15.3. The van der Waals surface area contributed by atoms with E-state index in [1.165, 1.54) is 26.4 Å². The summed E-state index contributed by atoms with van der Waals surface area (Å²) in [7, 11) is 0. The molecular weight excluding hydrogens is 624 g/mol. The van der Waals surface area contributed by atoms with Crippen LogP contribution >= 0.6 is 0 Å². The maximum absolute atomic E-state index is 13.7. The number of rotatable bonds is 3. The predicted octanol–water partition coefficient (Wildman–Crippen LogP) is 0.174. The molecule has 4 aliphatic heterocycles. The van der Waals surface area contributed by atoms with E-state index in [0.717, 1.165) is 6.92 Å². The second-order valence-electron chi connectivity index (χ2n) is 15.3. The summed E-state index contributed by atoms with van der Waals surface area (Å²) < 4.78 is 50.0. The van der Waals surface area contributed by atoms with Gasteiger partial charge in [-0.15, -0.1) is 0 Å². The second kappa shape index (κ2) is 8.20. The first-order valence-electron chi connectivity index (χ1n) is 15.9. The van der Waals surface area contributed by atoms with Gasteiger partial charge in [0.2, 0.25) is 0 Å². The molecule has 1 aromatic rings. The highest BCUT2D eigenvalue weighted by atomic mass is 16.9. The van der Waals surface area contributed by atoms with E-state index in [1.54, 1.807) is 19.9 Å². The van der Waals surface area contributed by atoms with Gasteiger partial charge in [0.05, 0.1) is 35.9 Å². The van der Waals surface area contributed by atoms with E-state index in [2.05, 4.69) is 0 Å². The molecule has 0 radical (unpaired) electrons. The Kier molecular flexibility index (Phi) is 5.23. The highest BCUT2D eigenvalue weighted by Gasteiger charge is 3.06. The van der Waals surface area contributed by atoms with Gasteiger partial charge in [-0.05, 0) is 18.4 Å². The molecule has 15 atom stereocenters. The molecule has 15 heteroatoms. The highest BCUT2D eigenvalue weighted by Crippen LogP contribution is 2.89. The summed E-state index contributed by atoms with van der Waals surface area (Å²) in [5.74, 6) is -6.96. The molecule has 4 bridgehead atoms. The van der Waals surface area contributed by atoms with Crippen molar-refractivity contribution in [3.63, 3.8) is 0 Å². The number of esters is 4. The van der Waals surface area contributed by atoms with Crippen LogP contribution in [-0.4, -0.2) is 98.6 Å². The predicted molar refractivity (Wildman–Crippen MR) is 146 cm³/mol. The monoisotopic (exact) mass is 660 g/mol. The van der Waals surface area contributed by atoms with Crippen LogP contribution in [0.25, 0.3) is 0 Å². The summed E-state index contributed by atoms with van der Waals surface area (Å²) in [5, 5.41) is 38.1. The Hall–Kier alpha value is -3.08. The van der Waals surface area contributed by atoms with Gasteiger partial charge < -0.3 is 52.9 Å². The van der Waals surface area contributed by atoms with Crippen molar-refractivity contribution in [2.75, 3.05) is 6.61 Å². The van der Waals surface area contributed by atoms with E-state index in [1.807, 2.05) is 0 Å². The molecule has 1 aromatic heterocycles. The minimum absolute atomic E-state index is 0.0528. The molecule has 4 saturated heterocycles. The molecular formula is C32H36O15. The smallest absolute Gasteiger partial charge is 0.306 e. The van der Waals surface area contributed by atoms with Gasteiger partial charge in [-0.1, -0.05) is 13.8 Å². The number of hydrogen-bond donors (Lipinski definition) is 3. The van der Waals surface area contributed by atoms with E-state index in [9.17, 15) is 34.5 Å². The van der Waals surface area contributed by atoms with Gasteiger partial charge >= 0.3 is 23.9 Å². The third-order valence-corrected chi connectivity index (χ3v) is 13.6. The molecule has 4 aliphatic carbocycles. The van der Waals surface area contributed by atoms with Gasteiger partial charge in [-0.3, -0.25) is 19.2 Å². The van der Waals surface area contributed by atoms with Crippen molar-refractivity contribution < 1.29 is 72.1 Å². The topological polar surface area (TPSA) is 207 Å². The molecule has 47 heavy (non-hydrogen) atoms. The number of ether oxygens (including phenoxy) is 7. The molecule has 254 valence electrons. The van der Waals surface area contributed by atoms with Crippen LogP contribution in [0.3, 0.4) is 0 Å². The molecule has 3 N–H and O–H groups in total. The molecule has 5 heterocycles. The van der Waals surface area contributed by atoms with Crippen LogP contribution in [0.4, 0.5) is 0 Å². The van der Waals surface area contributed by atoms with Crippen LogP contribution in [0.2, 0.25) is 0 Å². The van der Waals surface area contributed by atoms with Gasteiger partial charge in [0, 0.05) is 44.1 Å². The van der Waals surface area contributed by atoms with E-state index >= 15 is 0 Å². The van der Waals surface area contributed by atoms with Crippen molar-refractivity contribution in [2.24, 2.45) is 28.1 Å². The first-order chi connectivity index (χ1) is 22.0. The Morgan fingerprint density at radius 3 is 2.26 bits per heavy atom. The highest BCUT2D eigenvalue weighted by molar-refractivity contribution is 5.75. The summed E-state index contributed by atoms with van der Waals surface area (Å²) in [6.45, 7) is 6.71. The van der Waals surface area contributed by atoms with E-state index in [4.69, 9.17) is 37.6 Å². The molecule has 9 rings (SSSR count). The first-order valence-corrected chi connectivity index (χ1v) is 15.9. The number of hydrogen-bond acceptors (Lipinski definition) is 15. The molecule has 0 aromatic carbocycles. The van der Waals surface area contributed by atoms with Crippen LogP contribution in [0.15, 0.2) is 23.0 Å². The molecule has 8 fully saturated rings. The number of carbonyl (C=O) groups is 4. The minimum Gasteiger partial charge on any atom is -0.472 e. The number of fused-ring (bicyclic) bond motifs is 4. The average Bonchev–Trinajstić information content (AvgIpc) is 3.69. The summed E-state index contributed by atoms with van der Waals surface area (Å²) in [4.78, 5) is 53.0. The first kappa shape index (κ1) is 30.0.